The Labute approximate surface area is 138 Å². The third-order valence-electron chi connectivity index (χ3n) is 3.26. The van der Waals surface area contributed by atoms with Crippen molar-refractivity contribution in [1.82, 2.24) is 20.4 Å². The lowest BCUT2D eigenvalue weighted by atomic mass is 10.2. The van der Waals surface area contributed by atoms with E-state index in [4.69, 9.17) is 9.26 Å². The molecule has 2 aromatic heterocycles. The summed E-state index contributed by atoms with van der Waals surface area (Å²) >= 11 is 0. The predicted octanol–water partition coefficient (Wildman–Crippen LogP) is 2.28. The minimum absolute atomic E-state index is 0.131. The first kappa shape index (κ1) is 15.7. The van der Waals surface area contributed by atoms with Gasteiger partial charge in [0.05, 0.1) is 5.56 Å². The van der Waals surface area contributed by atoms with Crippen molar-refractivity contribution in [3.63, 3.8) is 0 Å². The fraction of sp³-hybridized carbons (Fsp3) is 0.176. The minimum atomic E-state index is -0.216. The molecule has 3 rings (SSSR count). The molecule has 0 radical (unpaired) electrons. The number of hydrogen-bond donors (Lipinski definition) is 1. The van der Waals surface area contributed by atoms with Crippen LogP contribution in [0.1, 0.15) is 27.6 Å². The average Bonchev–Trinajstić information content (AvgIpc) is 3.04. The standard InChI is InChI=1S/C17H16N4O3/c1-12-20-16(21-24-12)11-23-15-5-3-2-4-14(15)17(22)19-10-13-6-8-18-9-7-13/h2-9H,10-11H2,1H3,(H,19,22). The third kappa shape index (κ3) is 3.95. The van der Waals surface area contributed by atoms with Gasteiger partial charge in [0.25, 0.3) is 5.91 Å². The molecule has 24 heavy (non-hydrogen) atoms. The zero-order chi connectivity index (χ0) is 16.8. The molecule has 0 aliphatic carbocycles. The maximum atomic E-state index is 12.4. The second-order valence-corrected chi connectivity index (χ2v) is 5.05. The van der Waals surface area contributed by atoms with E-state index in [-0.39, 0.29) is 12.5 Å². The quantitative estimate of drug-likeness (QED) is 0.748. The summed E-state index contributed by atoms with van der Waals surface area (Å²) in [6, 6.07) is 10.7. The molecule has 0 unspecified atom stereocenters. The van der Waals surface area contributed by atoms with Crippen LogP contribution in [0.4, 0.5) is 0 Å². The molecular weight excluding hydrogens is 308 g/mol. The normalized spacial score (nSPS) is 10.4. The van der Waals surface area contributed by atoms with Gasteiger partial charge in [-0.3, -0.25) is 9.78 Å². The molecule has 0 saturated carbocycles. The van der Waals surface area contributed by atoms with Crippen LogP contribution in [-0.4, -0.2) is 21.0 Å². The van der Waals surface area contributed by atoms with Crippen molar-refractivity contribution in [3.8, 4) is 5.75 Å². The Balaban J connectivity index is 1.65. The van der Waals surface area contributed by atoms with Crippen LogP contribution in [-0.2, 0) is 13.2 Å². The summed E-state index contributed by atoms with van der Waals surface area (Å²) in [4.78, 5) is 20.4. The number of nitrogens with zero attached hydrogens (tertiary/aromatic N) is 3. The van der Waals surface area contributed by atoms with Gasteiger partial charge in [-0.2, -0.15) is 4.98 Å². The Morgan fingerprint density at radius 2 is 2.00 bits per heavy atom. The highest BCUT2D eigenvalue weighted by atomic mass is 16.5. The highest BCUT2D eigenvalue weighted by Gasteiger charge is 2.13. The number of nitrogens with one attached hydrogen (secondary N) is 1. The summed E-state index contributed by atoms with van der Waals surface area (Å²) in [5.74, 6) is 1.15. The van der Waals surface area contributed by atoms with E-state index in [9.17, 15) is 4.79 Å². The zero-order valence-electron chi connectivity index (χ0n) is 13.1. The zero-order valence-corrected chi connectivity index (χ0v) is 13.1. The number of carbonyl (C=O) groups is 1. The summed E-state index contributed by atoms with van der Waals surface area (Å²) < 4.78 is 10.5. The topological polar surface area (TPSA) is 90.1 Å². The Bertz CT molecular complexity index is 817. The Kier molecular flexibility index (Phi) is 4.81. The molecule has 0 aliphatic heterocycles. The van der Waals surface area contributed by atoms with Crippen LogP contribution in [0.2, 0.25) is 0 Å². The average molecular weight is 324 g/mol. The number of benzene rings is 1. The van der Waals surface area contributed by atoms with Crippen molar-refractivity contribution < 1.29 is 14.1 Å². The number of para-hydroxylation sites is 1. The fourth-order valence-corrected chi connectivity index (χ4v) is 2.10. The van der Waals surface area contributed by atoms with Crippen molar-refractivity contribution in [2.45, 2.75) is 20.1 Å². The van der Waals surface area contributed by atoms with Crippen molar-refractivity contribution in [3.05, 3.63) is 71.6 Å². The lowest BCUT2D eigenvalue weighted by molar-refractivity contribution is 0.0946. The Morgan fingerprint density at radius 3 is 2.75 bits per heavy atom. The van der Waals surface area contributed by atoms with Crippen molar-refractivity contribution in [2.75, 3.05) is 0 Å². The molecule has 1 N–H and O–H groups in total. The summed E-state index contributed by atoms with van der Waals surface area (Å²) in [5.41, 5.74) is 1.42. The van der Waals surface area contributed by atoms with Crippen LogP contribution in [0, 0.1) is 6.92 Å². The van der Waals surface area contributed by atoms with Crippen LogP contribution in [0.25, 0.3) is 0 Å². The van der Waals surface area contributed by atoms with E-state index in [1.165, 1.54) is 0 Å². The van der Waals surface area contributed by atoms with E-state index in [0.717, 1.165) is 5.56 Å². The van der Waals surface area contributed by atoms with Gasteiger partial charge in [-0.25, -0.2) is 0 Å². The number of amides is 1. The van der Waals surface area contributed by atoms with E-state index in [2.05, 4.69) is 20.4 Å². The number of hydrogen-bond acceptors (Lipinski definition) is 6. The molecule has 2 heterocycles. The number of aromatic nitrogens is 3. The molecule has 0 aliphatic rings. The molecule has 7 nitrogen and oxygen atoms in total. The molecule has 1 amide bonds. The van der Waals surface area contributed by atoms with Crippen molar-refractivity contribution in [1.29, 1.82) is 0 Å². The minimum Gasteiger partial charge on any atom is -0.485 e. The highest BCUT2D eigenvalue weighted by molar-refractivity contribution is 5.96. The van der Waals surface area contributed by atoms with Gasteiger partial charge in [-0.15, -0.1) is 0 Å². The van der Waals surface area contributed by atoms with Crippen LogP contribution < -0.4 is 10.1 Å². The first-order valence-corrected chi connectivity index (χ1v) is 7.40. The molecule has 0 fully saturated rings. The van der Waals surface area contributed by atoms with Crippen LogP contribution >= 0.6 is 0 Å². The fourth-order valence-electron chi connectivity index (χ4n) is 2.10. The van der Waals surface area contributed by atoms with E-state index in [1.807, 2.05) is 12.1 Å². The molecule has 7 heteroatoms. The molecule has 1 aromatic carbocycles. The molecule has 0 atom stereocenters. The second kappa shape index (κ2) is 7.36. The molecule has 0 spiro atoms. The van der Waals surface area contributed by atoms with Crippen LogP contribution in [0.5, 0.6) is 5.75 Å². The Morgan fingerprint density at radius 1 is 1.21 bits per heavy atom. The first-order valence-electron chi connectivity index (χ1n) is 7.40. The van der Waals surface area contributed by atoms with Crippen molar-refractivity contribution >= 4 is 5.91 Å². The van der Waals surface area contributed by atoms with Gasteiger partial charge in [0.2, 0.25) is 11.7 Å². The molecular formula is C17H16N4O3. The molecule has 0 bridgehead atoms. The Hall–Kier alpha value is -3.22. The molecule has 3 aromatic rings. The van der Waals surface area contributed by atoms with Gasteiger partial charge < -0.3 is 14.6 Å². The predicted molar refractivity (Wildman–Crippen MR) is 85.2 cm³/mol. The largest absolute Gasteiger partial charge is 0.485 e. The summed E-state index contributed by atoms with van der Waals surface area (Å²) in [6.07, 6.45) is 3.37. The van der Waals surface area contributed by atoms with Gasteiger partial charge in [0, 0.05) is 25.9 Å². The molecule has 0 saturated heterocycles. The van der Waals surface area contributed by atoms with Gasteiger partial charge in [-0.1, -0.05) is 17.3 Å². The second-order valence-electron chi connectivity index (χ2n) is 5.05. The lowest BCUT2D eigenvalue weighted by Crippen LogP contribution is -2.23. The summed E-state index contributed by atoms with van der Waals surface area (Å²) in [5, 5.41) is 6.63. The van der Waals surface area contributed by atoms with Gasteiger partial charge in [0.15, 0.2) is 6.61 Å². The highest BCUT2D eigenvalue weighted by Crippen LogP contribution is 2.19. The van der Waals surface area contributed by atoms with Gasteiger partial charge in [0.1, 0.15) is 5.75 Å². The smallest absolute Gasteiger partial charge is 0.255 e. The van der Waals surface area contributed by atoms with E-state index in [1.54, 1.807) is 43.6 Å². The maximum Gasteiger partial charge on any atom is 0.255 e. The third-order valence-corrected chi connectivity index (χ3v) is 3.26. The lowest BCUT2D eigenvalue weighted by Gasteiger charge is -2.10. The maximum absolute atomic E-state index is 12.4. The molecule has 122 valence electrons. The summed E-state index contributed by atoms with van der Waals surface area (Å²) in [7, 11) is 0. The summed E-state index contributed by atoms with van der Waals surface area (Å²) in [6.45, 7) is 2.25. The monoisotopic (exact) mass is 324 g/mol. The number of ether oxygens (including phenoxy) is 1. The number of rotatable bonds is 6. The SMILES string of the molecule is Cc1nc(COc2ccccc2C(=O)NCc2ccncc2)no1. The number of carbonyl (C=O) groups excluding carboxylic acids is 1. The van der Waals surface area contributed by atoms with Crippen molar-refractivity contribution in [2.24, 2.45) is 0 Å². The van der Waals surface area contributed by atoms with E-state index >= 15 is 0 Å². The first-order chi connectivity index (χ1) is 11.7. The number of aryl methyl sites for hydroxylation is 1. The van der Waals surface area contributed by atoms with Gasteiger partial charge in [-0.05, 0) is 29.8 Å². The van der Waals surface area contributed by atoms with Gasteiger partial charge >= 0.3 is 0 Å². The van der Waals surface area contributed by atoms with Crippen LogP contribution in [0.3, 0.4) is 0 Å². The van der Waals surface area contributed by atoms with Crippen LogP contribution in [0.15, 0.2) is 53.3 Å². The van der Waals surface area contributed by atoms with E-state index in [0.29, 0.717) is 29.6 Å². The van der Waals surface area contributed by atoms with E-state index < -0.39 is 0 Å². The number of pyridine rings is 1.